The van der Waals surface area contributed by atoms with Crippen LogP contribution in [0.3, 0.4) is 0 Å². The molecular weight excluding hydrogens is 224 g/mol. The Morgan fingerprint density at radius 2 is 2.00 bits per heavy atom. The van der Waals surface area contributed by atoms with E-state index in [2.05, 4.69) is 6.92 Å². The molecule has 2 aliphatic rings. The molecule has 1 saturated heterocycles. The van der Waals surface area contributed by atoms with E-state index in [1.165, 1.54) is 0 Å². The molecule has 0 aromatic carbocycles. The van der Waals surface area contributed by atoms with E-state index in [0.29, 0.717) is 30.7 Å². The fraction of sp³-hybridized carbons (Fsp3) is 1.00. The van der Waals surface area contributed by atoms with E-state index in [4.69, 9.17) is 5.73 Å². The summed E-state index contributed by atoms with van der Waals surface area (Å²) in [7, 11) is -3.06. The van der Waals surface area contributed by atoms with Crippen LogP contribution in [0, 0.1) is 11.8 Å². The predicted octanol–water partition coefficient (Wildman–Crippen LogP) is 0.785. The third-order valence-corrected chi connectivity index (χ3v) is 5.87. The normalized spacial score (nSPS) is 32.9. The van der Waals surface area contributed by atoms with Gasteiger partial charge < -0.3 is 5.73 Å². The zero-order valence-corrected chi connectivity index (χ0v) is 10.7. The standard InChI is InChI=1S/C11H22N2O2S/c1-9-3-2-6-13(11(9)7-12)16(14,15)8-10-4-5-10/h9-11H,2-8,12H2,1H3. The van der Waals surface area contributed by atoms with Crippen molar-refractivity contribution in [2.24, 2.45) is 17.6 Å². The van der Waals surface area contributed by atoms with Crippen LogP contribution in [0.25, 0.3) is 0 Å². The van der Waals surface area contributed by atoms with E-state index in [9.17, 15) is 8.42 Å². The van der Waals surface area contributed by atoms with Gasteiger partial charge in [-0.3, -0.25) is 0 Å². The summed E-state index contributed by atoms with van der Waals surface area (Å²) in [5.41, 5.74) is 5.72. The second-order valence-corrected chi connectivity index (χ2v) is 7.22. The molecule has 5 heteroatoms. The van der Waals surface area contributed by atoms with Gasteiger partial charge in [-0.1, -0.05) is 6.92 Å². The van der Waals surface area contributed by atoms with Crippen LogP contribution in [0.4, 0.5) is 0 Å². The number of hydrogen-bond donors (Lipinski definition) is 1. The molecule has 4 nitrogen and oxygen atoms in total. The third-order valence-electron chi connectivity index (χ3n) is 3.81. The van der Waals surface area contributed by atoms with Gasteiger partial charge in [-0.2, -0.15) is 4.31 Å². The van der Waals surface area contributed by atoms with Crippen molar-refractivity contribution in [3.05, 3.63) is 0 Å². The molecule has 0 bridgehead atoms. The van der Waals surface area contributed by atoms with Crippen molar-refractivity contribution in [1.29, 1.82) is 0 Å². The van der Waals surface area contributed by atoms with Crippen molar-refractivity contribution in [3.63, 3.8) is 0 Å². The molecule has 94 valence electrons. The van der Waals surface area contributed by atoms with Crippen molar-refractivity contribution in [1.82, 2.24) is 4.31 Å². The Hall–Kier alpha value is -0.130. The van der Waals surface area contributed by atoms with Gasteiger partial charge in [-0.15, -0.1) is 0 Å². The Kier molecular flexibility index (Phi) is 3.56. The second kappa shape index (κ2) is 4.63. The van der Waals surface area contributed by atoms with E-state index >= 15 is 0 Å². The SMILES string of the molecule is CC1CCCN(S(=O)(=O)CC2CC2)C1CN. The largest absolute Gasteiger partial charge is 0.329 e. The molecule has 0 aromatic rings. The van der Waals surface area contributed by atoms with Crippen LogP contribution >= 0.6 is 0 Å². The van der Waals surface area contributed by atoms with E-state index < -0.39 is 10.0 Å². The smallest absolute Gasteiger partial charge is 0.214 e. The van der Waals surface area contributed by atoms with E-state index in [1.54, 1.807) is 4.31 Å². The van der Waals surface area contributed by atoms with Gasteiger partial charge in [0.2, 0.25) is 10.0 Å². The maximum atomic E-state index is 12.2. The highest BCUT2D eigenvalue weighted by Crippen LogP contribution is 2.33. The third kappa shape index (κ3) is 2.57. The fourth-order valence-corrected chi connectivity index (χ4v) is 4.82. The quantitative estimate of drug-likeness (QED) is 0.797. The highest BCUT2D eigenvalue weighted by atomic mass is 32.2. The Morgan fingerprint density at radius 3 is 2.56 bits per heavy atom. The molecule has 2 unspecified atom stereocenters. The average Bonchev–Trinajstić information content (AvgIpc) is 3.00. The highest BCUT2D eigenvalue weighted by molar-refractivity contribution is 7.89. The molecule has 2 rings (SSSR count). The molecule has 0 amide bonds. The first kappa shape index (κ1) is 12.3. The van der Waals surface area contributed by atoms with Gasteiger partial charge >= 0.3 is 0 Å². The first-order valence-corrected chi connectivity index (χ1v) is 7.85. The maximum absolute atomic E-state index is 12.2. The number of nitrogens with zero attached hydrogens (tertiary/aromatic N) is 1. The van der Waals surface area contributed by atoms with Gasteiger partial charge in [0.25, 0.3) is 0 Å². The van der Waals surface area contributed by atoms with Gasteiger partial charge in [-0.25, -0.2) is 8.42 Å². The second-order valence-electron chi connectivity index (χ2n) is 5.26. The van der Waals surface area contributed by atoms with Crippen LogP contribution in [0.2, 0.25) is 0 Å². The van der Waals surface area contributed by atoms with Crippen molar-refractivity contribution in [2.45, 2.75) is 38.6 Å². The molecule has 1 aliphatic carbocycles. The van der Waals surface area contributed by atoms with Crippen LogP contribution in [0.5, 0.6) is 0 Å². The van der Waals surface area contributed by atoms with Crippen LogP contribution < -0.4 is 5.73 Å². The number of hydrogen-bond acceptors (Lipinski definition) is 3. The van der Waals surface area contributed by atoms with Crippen LogP contribution in [-0.2, 0) is 10.0 Å². The Morgan fingerprint density at radius 1 is 1.31 bits per heavy atom. The number of piperidine rings is 1. The molecule has 1 heterocycles. The molecule has 16 heavy (non-hydrogen) atoms. The first-order chi connectivity index (χ1) is 7.54. The molecule has 0 spiro atoms. The minimum absolute atomic E-state index is 0.0255. The maximum Gasteiger partial charge on any atom is 0.214 e. The molecular formula is C11H22N2O2S. The minimum atomic E-state index is -3.06. The molecule has 2 atom stereocenters. The van der Waals surface area contributed by atoms with E-state index in [0.717, 1.165) is 25.7 Å². The monoisotopic (exact) mass is 246 g/mol. The minimum Gasteiger partial charge on any atom is -0.329 e. The van der Waals surface area contributed by atoms with Gasteiger partial charge in [0, 0.05) is 19.1 Å². The lowest BCUT2D eigenvalue weighted by Crippen LogP contribution is -2.52. The van der Waals surface area contributed by atoms with Crippen LogP contribution in [0.1, 0.15) is 32.6 Å². The predicted molar refractivity (Wildman–Crippen MR) is 64.5 cm³/mol. The topological polar surface area (TPSA) is 63.4 Å². The molecule has 0 radical (unpaired) electrons. The van der Waals surface area contributed by atoms with Gasteiger partial charge in [0.1, 0.15) is 0 Å². The summed E-state index contributed by atoms with van der Waals surface area (Å²) >= 11 is 0. The molecule has 1 aliphatic heterocycles. The summed E-state index contributed by atoms with van der Waals surface area (Å²) in [5, 5.41) is 0. The van der Waals surface area contributed by atoms with Crippen LogP contribution in [0.15, 0.2) is 0 Å². The molecule has 2 fully saturated rings. The lowest BCUT2D eigenvalue weighted by Gasteiger charge is -2.38. The number of nitrogens with two attached hydrogens (primary N) is 1. The zero-order valence-electron chi connectivity index (χ0n) is 9.93. The summed E-state index contributed by atoms with van der Waals surface area (Å²) in [6.07, 6.45) is 4.23. The molecule has 0 aromatic heterocycles. The summed E-state index contributed by atoms with van der Waals surface area (Å²) < 4.78 is 26.1. The van der Waals surface area contributed by atoms with E-state index in [1.807, 2.05) is 0 Å². The summed E-state index contributed by atoms with van der Waals surface area (Å²) in [6.45, 7) is 3.22. The Balaban J connectivity index is 2.09. The first-order valence-electron chi connectivity index (χ1n) is 6.24. The summed E-state index contributed by atoms with van der Waals surface area (Å²) in [4.78, 5) is 0. The number of rotatable bonds is 4. The summed E-state index contributed by atoms with van der Waals surface area (Å²) in [5.74, 6) is 1.16. The van der Waals surface area contributed by atoms with Gasteiger partial charge in [-0.05, 0) is 37.5 Å². The van der Waals surface area contributed by atoms with Crippen molar-refractivity contribution in [3.8, 4) is 0 Å². The zero-order chi connectivity index (χ0) is 11.8. The van der Waals surface area contributed by atoms with Crippen LogP contribution in [-0.4, -0.2) is 37.6 Å². The molecule has 2 N–H and O–H groups in total. The van der Waals surface area contributed by atoms with Gasteiger partial charge in [0.15, 0.2) is 0 Å². The fourth-order valence-electron chi connectivity index (χ4n) is 2.58. The van der Waals surface area contributed by atoms with Crippen molar-refractivity contribution in [2.75, 3.05) is 18.8 Å². The summed E-state index contributed by atoms with van der Waals surface area (Å²) in [6, 6.07) is 0.0255. The average molecular weight is 246 g/mol. The lowest BCUT2D eigenvalue weighted by atomic mass is 9.93. The highest BCUT2D eigenvalue weighted by Gasteiger charge is 2.38. The van der Waals surface area contributed by atoms with Crippen molar-refractivity contribution >= 4 is 10.0 Å². The lowest BCUT2D eigenvalue weighted by molar-refractivity contribution is 0.192. The number of sulfonamides is 1. The van der Waals surface area contributed by atoms with E-state index in [-0.39, 0.29) is 6.04 Å². The van der Waals surface area contributed by atoms with Crippen molar-refractivity contribution < 1.29 is 8.42 Å². The Labute approximate surface area is 98.2 Å². The Bertz CT molecular complexity index is 338. The van der Waals surface area contributed by atoms with Gasteiger partial charge in [0.05, 0.1) is 5.75 Å². The molecule has 1 saturated carbocycles.